The second-order valence-electron chi connectivity index (χ2n) is 5.37. The van der Waals surface area contributed by atoms with E-state index in [1.807, 2.05) is 25.8 Å². The van der Waals surface area contributed by atoms with E-state index in [4.69, 9.17) is 0 Å². The first kappa shape index (κ1) is 12.5. The minimum atomic E-state index is -0.430. The van der Waals surface area contributed by atoms with Crippen LogP contribution in [0.4, 0.5) is 0 Å². The van der Waals surface area contributed by atoms with Crippen LogP contribution in [0.3, 0.4) is 0 Å². The molecule has 0 aromatic rings. The van der Waals surface area contributed by atoms with Gasteiger partial charge in [-0.2, -0.15) is 0 Å². The van der Waals surface area contributed by atoms with Crippen LogP contribution >= 0.6 is 0 Å². The molecule has 1 saturated heterocycles. The molecule has 1 amide bonds. The summed E-state index contributed by atoms with van der Waals surface area (Å²) in [7, 11) is 1.84. The second-order valence-corrected chi connectivity index (χ2v) is 5.37. The first-order valence-corrected chi connectivity index (χ1v) is 5.86. The summed E-state index contributed by atoms with van der Waals surface area (Å²) in [6.07, 6.45) is 1.13. The summed E-state index contributed by atoms with van der Waals surface area (Å²) in [4.78, 5) is 14.2. The Kier molecular flexibility index (Phi) is 3.77. The van der Waals surface area contributed by atoms with Crippen LogP contribution in [-0.4, -0.2) is 36.5 Å². The molecule has 1 N–H and O–H groups in total. The molecule has 2 atom stereocenters. The van der Waals surface area contributed by atoms with Gasteiger partial charge in [0.05, 0.1) is 5.54 Å². The van der Waals surface area contributed by atoms with Crippen molar-refractivity contribution < 1.29 is 4.79 Å². The van der Waals surface area contributed by atoms with Gasteiger partial charge in [-0.25, -0.2) is 0 Å². The Morgan fingerprint density at radius 3 is 2.40 bits per heavy atom. The van der Waals surface area contributed by atoms with Crippen LogP contribution in [-0.2, 0) is 4.79 Å². The number of nitrogens with one attached hydrogen (secondary N) is 1. The van der Waals surface area contributed by atoms with Crippen LogP contribution in [0.1, 0.15) is 34.1 Å². The highest BCUT2D eigenvalue weighted by atomic mass is 16.2. The van der Waals surface area contributed by atoms with Crippen LogP contribution in [0, 0.1) is 11.8 Å². The molecule has 1 aliphatic rings. The molecule has 1 heterocycles. The smallest absolute Gasteiger partial charge is 0.242 e. The molecule has 1 fully saturated rings. The summed E-state index contributed by atoms with van der Waals surface area (Å²) >= 11 is 0. The summed E-state index contributed by atoms with van der Waals surface area (Å²) in [6.45, 7) is 10.2. The highest BCUT2D eigenvalue weighted by Crippen LogP contribution is 2.24. The third kappa shape index (κ3) is 2.71. The van der Waals surface area contributed by atoms with Crippen LogP contribution in [0.15, 0.2) is 0 Å². The van der Waals surface area contributed by atoms with Crippen molar-refractivity contribution in [2.45, 2.75) is 39.7 Å². The third-order valence-electron chi connectivity index (χ3n) is 3.78. The van der Waals surface area contributed by atoms with Gasteiger partial charge in [-0.05, 0) is 39.2 Å². The van der Waals surface area contributed by atoms with Gasteiger partial charge >= 0.3 is 0 Å². The maximum atomic E-state index is 12.2. The number of nitrogens with zero attached hydrogens (tertiary/aromatic N) is 1. The SMILES string of the molecule is CNC(C)(C)C(=O)N1CCC(C)C(C)C1. The zero-order valence-electron chi connectivity index (χ0n) is 10.6. The molecule has 0 aliphatic carbocycles. The highest BCUT2D eigenvalue weighted by molar-refractivity contribution is 5.85. The van der Waals surface area contributed by atoms with Crippen molar-refractivity contribution in [2.75, 3.05) is 20.1 Å². The summed E-state index contributed by atoms with van der Waals surface area (Å²) in [6, 6.07) is 0. The largest absolute Gasteiger partial charge is 0.341 e. The molecule has 0 spiro atoms. The molecular formula is C12H24N2O. The lowest BCUT2D eigenvalue weighted by Crippen LogP contribution is -2.55. The van der Waals surface area contributed by atoms with Crippen molar-refractivity contribution >= 4 is 5.91 Å². The lowest BCUT2D eigenvalue weighted by atomic mass is 9.87. The van der Waals surface area contributed by atoms with E-state index in [0.717, 1.165) is 25.4 Å². The summed E-state index contributed by atoms with van der Waals surface area (Å²) in [5, 5.41) is 3.07. The number of piperidine rings is 1. The minimum absolute atomic E-state index is 0.226. The van der Waals surface area contributed by atoms with Gasteiger partial charge in [0.1, 0.15) is 0 Å². The molecule has 88 valence electrons. The first-order valence-electron chi connectivity index (χ1n) is 5.86. The summed E-state index contributed by atoms with van der Waals surface area (Å²) in [5.41, 5.74) is -0.430. The van der Waals surface area contributed by atoms with Crippen LogP contribution in [0.2, 0.25) is 0 Å². The fourth-order valence-electron chi connectivity index (χ4n) is 1.95. The number of hydrogen-bond donors (Lipinski definition) is 1. The summed E-state index contributed by atoms with van der Waals surface area (Å²) in [5.74, 6) is 1.59. The molecule has 0 aromatic heterocycles. The molecule has 3 nitrogen and oxygen atoms in total. The average Bonchev–Trinajstić information content (AvgIpc) is 2.21. The fraction of sp³-hybridized carbons (Fsp3) is 0.917. The van der Waals surface area contributed by atoms with E-state index in [1.54, 1.807) is 0 Å². The van der Waals surface area contributed by atoms with Crippen molar-refractivity contribution in [3.63, 3.8) is 0 Å². The van der Waals surface area contributed by atoms with E-state index in [-0.39, 0.29) is 5.91 Å². The maximum absolute atomic E-state index is 12.2. The molecule has 15 heavy (non-hydrogen) atoms. The number of hydrogen-bond acceptors (Lipinski definition) is 2. The molecule has 0 bridgehead atoms. The van der Waals surface area contributed by atoms with Crippen LogP contribution in [0.25, 0.3) is 0 Å². The molecule has 0 radical (unpaired) electrons. The zero-order chi connectivity index (χ0) is 11.6. The van der Waals surface area contributed by atoms with Gasteiger partial charge in [-0.3, -0.25) is 4.79 Å². The monoisotopic (exact) mass is 212 g/mol. The number of carbonyl (C=O) groups excluding carboxylic acids is 1. The normalized spacial score (nSPS) is 27.9. The zero-order valence-corrected chi connectivity index (χ0v) is 10.6. The fourth-order valence-corrected chi connectivity index (χ4v) is 1.95. The maximum Gasteiger partial charge on any atom is 0.242 e. The van der Waals surface area contributed by atoms with Crippen LogP contribution in [0.5, 0.6) is 0 Å². The second kappa shape index (κ2) is 4.52. The van der Waals surface area contributed by atoms with Crippen LogP contribution < -0.4 is 5.32 Å². The first-order chi connectivity index (χ1) is 6.88. The Bertz CT molecular complexity index is 238. The van der Waals surface area contributed by atoms with E-state index < -0.39 is 5.54 Å². The van der Waals surface area contributed by atoms with Gasteiger partial charge in [-0.15, -0.1) is 0 Å². The molecule has 3 heteroatoms. The quantitative estimate of drug-likeness (QED) is 0.752. The van der Waals surface area contributed by atoms with Gasteiger partial charge in [0.15, 0.2) is 0 Å². The molecule has 0 saturated carbocycles. The van der Waals surface area contributed by atoms with Crippen molar-refractivity contribution in [1.82, 2.24) is 10.2 Å². The Labute approximate surface area is 93.2 Å². The number of rotatable bonds is 2. The number of likely N-dealkylation sites (tertiary alicyclic amines) is 1. The van der Waals surface area contributed by atoms with Crippen molar-refractivity contribution in [3.8, 4) is 0 Å². The minimum Gasteiger partial charge on any atom is -0.341 e. The lowest BCUT2D eigenvalue weighted by molar-refractivity contribution is -0.139. The van der Waals surface area contributed by atoms with Gasteiger partial charge in [0.2, 0.25) is 5.91 Å². The molecule has 0 aromatic carbocycles. The number of likely N-dealkylation sites (N-methyl/N-ethyl adjacent to an activating group) is 1. The molecular weight excluding hydrogens is 188 g/mol. The predicted octanol–water partition coefficient (Wildman–Crippen LogP) is 1.49. The number of carbonyl (C=O) groups is 1. The van der Waals surface area contributed by atoms with Gasteiger partial charge < -0.3 is 10.2 Å². The van der Waals surface area contributed by atoms with E-state index in [9.17, 15) is 4.79 Å². The Balaban J connectivity index is 2.62. The Hall–Kier alpha value is -0.570. The van der Waals surface area contributed by atoms with Gasteiger partial charge in [0, 0.05) is 13.1 Å². The average molecular weight is 212 g/mol. The van der Waals surface area contributed by atoms with E-state index in [0.29, 0.717) is 5.92 Å². The Morgan fingerprint density at radius 2 is 1.93 bits per heavy atom. The van der Waals surface area contributed by atoms with Gasteiger partial charge in [0.25, 0.3) is 0 Å². The highest BCUT2D eigenvalue weighted by Gasteiger charge is 2.33. The molecule has 2 unspecified atom stereocenters. The molecule has 1 aliphatic heterocycles. The number of amides is 1. The van der Waals surface area contributed by atoms with Crippen molar-refractivity contribution in [3.05, 3.63) is 0 Å². The lowest BCUT2D eigenvalue weighted by Gasteiger charge is -2.39. The molecule has 1 rings (SSSR count). The third-order valence-corrected chi connectivity index (χ3v) is 3.78. The topological polar surface area (TPSA) is 32.3 Å². The van der Waals surface area contributed by atoms with E-state index >= 15 is 0 Å². The standard InChI is InChI=1S/C12H24N2O/c1-9-6-7-14(8-10(9)2)11(15)12(3,4)13-5/h9-10,13H,6-8H2,1-5H3. The Morgan fingerprint density at radius 1 is 1.33 bits per heavy atom. The van der Waals surface area contributed by atoms with E-state index in [1.165, 1.54) is 0 Å². The summed E-state index contributed by atoms with van der Waals surface area (Å²) < 4.78 is 0. The predicted molar refractivity (Wildman–Crippen MR) is 62.7 cm³/mol. The van der Waals surface area contributed by atoms with Crippen molar-refractivity contribution in [2.24, 2.45) is 11.8 Å². The van der Waals surface area contributed by atoms with Gasteiger partial charge in [-0.1, -0.05) is 13.8 Å². The van der Waals surface area contributed by atoms with Crippen molar-refractivity contribution in [1.29, 1.82) is 0 Å². The van der Waals surface area contributed by atoms with E-state index in [2.05, 4.69) is 19.2 Å².